The first kappa shape index (κ1) is 7.71. The SMILES string of the molecule is Cc1ncc2c(N=C=O)cccn12. The van der Waals surface area contributed by atoms with E-state index in [1.807, 2.05) is 23.6 Å². The van der Waals surface area contributed by atoms with Crippen molar-refractivity contribution in [1.29, 1.82) is 0 Å². The second-order valence-electron chi connectivity index (χ2n) is 2.66. The van der Waals surface area contributed by atoms with E-state index in [9.17, 15) is 4.79 Å². The van der Waals surface area contributed by atoms with Crippen molar-refractivity contribution in [2.24, 2.45) is 4.99 Å². The average Bonchev–Trinajstić information content (AvgIpc) is 2.50. The van der Waals surface area contributed by atoms with Gasteiger partial charge in [0, 0.05) is 6.20 Å². The number of hydrogen-bond acceptors (Lipinski definition) is 3. The van der Waals surface area contributed by atoms with Gasteiger partial charge in [-0.25, -0.2) is 9.78 Å². The zero-order valence-corrected chi connectivity index (χ0v) is 7.06. The van der Waals surface area contributed by atoms with Gasteiger partial charge >= 0.3 is 0 Å². The Bertz CT molecular complexity index is 495. The first-order valence-corrected chi connectivity index (χ1v) is 3.83. The van der Waals surface area contributed by atoms with E-state index in [4.69, 9.17) is 0 Å². The van der Waals surface area contributed by atoms with Gasteiger partial charge in [0.2, 0.25) is 6.08 Å². The van der Waals surface area contributed by atoms with Gasteiger partial charge in [0.1, 0.15) is 11.5 Å². The van der Waals surface area contributed by atoms with E-state index in [-0.39, 0.29) is 0 Å². The first-order chi connectivity index (χ1) is 6.33. The molecule has 4 heteroatoms. The Kier molecular flexibility index (Phi) is 1.69. The van der Waals surface area contributed by atoms with E-state index in [1.165, 1.54) is 6.08 Å². The molecule has 2 aromatic rings. The third kappa shape index (κ3) is 1.13. The number of pyridine rings is 1. The third-order valence-corrected chi connectivity index (χ3v) is 1.90. The summed E-state index contributed by atoms with van der Waals surface area (Å²) in [5, 5.41) is 0. The summed E-state index contributed by atoms with van der Waals surface area (Å²) in [7, 11) is 0. The van der Waals surface area contributed by atoms with Crippen molar-refractivity contribution >= 4 is 17.3 Å². The van der Waals surface area contributed by atoms with Crippen LogP contribution in [-0.4, -0.2) is 15.5 Å². The summed E-state index contributed by atoms with van der Waals surface area (Å²) in [5.74, 6) is 0.873. The Balaban J connectivity index is 2.84. The summed E-state index contributed by atoms with van der Waals surface area (Å²) in [5.41, 5.74) is 1.42. The largest absolute Gasteiger partial charge is 0.302 e. The molecule has 13 heavy (non-hydrogen) atoms. The van der Waals surface area contributed by atoms with Crippen molar-refractivity contribution in [2.75, 3.05) is 0 Å². The Hall–Kier alpha value is -1.93. The maximum absolute atomic E-state index is 10.1. The van der Waals surface area contributed by atoms with Crippen molar-refractivity contribution in [1.82, 2.24) is 9.38 Å². The second-order valence-corrected chi connectivity index (χ2v) is 2.66. The van der Waals surface area contributed by atoms with E-state index < -0.39 is 0 Å². The number of aryl methyl sites for hydroxylation is 1. The van der Waals surface area contributed by atoms with Crippen LogP contribution in [0.1, 0.15) is 5.82 Å². The smallest absolute Gasteiger partial charge is 0.240 e. The lowest BCUT2D eigenvalue weighted by Gasteiger charge is -1.96. The van der Waals surface area contributed by atoms with Crippen LogP contribution in [0.15, 0.2) is 29.5 Å². The molecule has 0 saturated heterocycles. The van der Waals surface area contributed by atoms with E-state index in [1.54, 1.807) is 12.3 Å². The Labute approximate surface area is 74.6 Å². The number of nitrogens with zero attached hydrogens (tertiary/aromatic N) is 3. The molecule has 0 atom stereocenters. The molecule has 0 amide bonds. The monoisotopic (exact) mass is 173 g/mol. The van der Waals surface area contributed by atoms with Gasteiger partial charge in [-0.1, -0.05) is 0 Å². The molecule has 0 unspecified atom stereocenters. The van der Waals surface area contributed by atoms with E-state index in [0.29, 0.717) is 5.69 Å². The van der Waals surface area contributed by atoms with Gasteiger partial charge in [-0.3, -0.25) is 0 Å². The zero-order chi connectivity index (χ0) is 9.26. The lowest BCUT2D eigenvalue weighted by molar-refractivity contribution is 0.565. The van der Waals surface area contributed by atoms with Gasteiger partial charge in [-0.05, 0) is 19.1 Å². The minimum Gasteiger partial charge on any atom is -0.302 e. The Morgan fingerprint density at radius 2 is 2.46 bits per heavy atom. The van der Waals surface area contributed by atoms with Crippen molar-refractivity contribution in [3.8, 4) is 0 Å². The molecule has 0 aliphatic carbocycles. The number of aliphatic imine (C=N–C) groups is 1. The lowest BCUT2D eigenvalue weighted by atomic mass is 10.3. The molecule has 64 valence electrons. The van der Waals surface area contributed by atoms with Gasteiger partial charge in [0.25, 0.3) is 0 Å². The molecule has 0 bridgehead atoms. The molecule has 0 fully saturated rings. The van der Waals surface area contributed by atoms with Crippen molar-refractivity contribution in [2.45, 2.75) is 6.92 Å². The van der Waals surface area contributed by atoms with Gasteiger partial charge in [0.05, 0.1) is 11.7 Å². The Morgan fingerprint density at radius 3 is 3.23 bits per heavy atom. The van der Waals surface area contributed by atoms with Crippen LogP contribution in [0.2, 0.25) is 0 Å². The van der Waals surface area contributed by atoms with Gasteiger partial charge in [0.15, 0.2) is 0 Å². The molecule has 4 nitrogen and oxygen atoms in total. The molecule has 0 aromatic carbocycles. The average molecular weight is 173 g/mol. The maximum Gasteiger partial charge on any atom is 0.240 e. The third-order valence-electron chi connectivity index (χ3n) is 1.90. The zero-order valence-electron chi connectivity index (χ0n) is 7.06. The summed E-state index contributed by atoms with van der Waals surface area (Å²) < 4.78 is 1.87. The minimum atomic E-state index is 0.595. The minimum absolute atomic E-state index is 0.595. The summed E-state index contributed by atoms with van der Waals surface area (Å²) in [6.07, 6.45) is 5.08. The normalized spacial score (nSPS) is 9.92. The highest BCUT2D eigenvalue weighted by molar-refractivity contribution is 5.70. The highest BCUT2D eigenvalue weighted by Crippen LogP contribution is 2.19. The van der Waals surface area contributed by atoms with Crippen molar-refractivity contribution < 1.29 is 4.79 Å². The predicted octanol–water partition coefficient (Wildman–Crippen LogP) is 1.61. The number of isocyanates is 1. The van der Waals surface area contributed by atoms with Gasteiger partial charge < -0.3 is 4.40 Å². The number of rotatable bonds is 1. The highest BCUT2D eigenvalue weighted by Gasteiger charge is 2.01. The molecule has 2 heterocycles. The number of aromatic nitrogens is 2. The summed E-state index contributed by atoms with van der Waals surface area (Å²) >= 11 is 0. The quantitative estimate of drug-likeness (QED) is 0.485. The molecule has 0 radical (unpaired) electrons. The summed E-state index contributed by atoms with van der Waals surface area (Å²) in [6, 6.07) is 3.57. The van der Waals surface area contributed by atoms with Crippen molar-refractivity contribution in [3.63, 3.8) is 0 Å². The fourth-order valence-electron chi connectivity index (χ4n) is 1.28. The van der Waals surface area contributed by atoms with Crippen LogP contribution in [0.4, 0.5) is 5.69 Å². The molecule has 0 spiro atoms. The number of imidazole rings is 1. The van der Waals surface area contributed by atoms with Crippen LogP contribution in [0.25, 0.3) is 5.52 Å². The second kappa shape index (κ2) is 2.84. The summed E-state index contributed by atoms with van der Waals surface area (Å²) in [4.78, 5) is 17.8. The lowest BCUT2D eigenvalue weighted by Crippen LogP contribution is -1.85. The molecular formula is C9H7N3O. The number of hydrogen-bond donors (Lipinski definition) is 0. The summed E-state index contributed by atoms with van der Waals surface area (Å²) in [6.45, 7) is 1.89. The van der Waals surface area contributed by atoms with Gasteiger partial charge in [-0.15, -0.1) is 0 Å². The fourth-order valence-corrected chi connectivity index (χ4v) is 1.28. The van der Waals surface area contributed by atoms with E-state index >= 15 is 0 Å². The number of fused-ring (bicyclic) bond motifs is 1. The van der Waals surface area contributed by atoms with Crippen LogP contribution in [0, 0.1) is 6.92 Å². The van der Waals surface area contributed by atoms with E-state index in [0.717, 1.165) is 11.3 Å². The molecular weight excluding hydrogens is 166 g/mol. The standard InChI is InChI=1S/C9H7N3O/c1-7-10-5-9-8(11-6-13)3-2-4-12(7)9/h2-5H,1H3. The van der Waals surface area contributed by atoms with Crippen molar-refractivity contribution in [3.05, 3.63) is 30.4 Å². The topological polar surface area (TPSA) is 46.7 Å². The highest BCUT2D eigenvalue weighted by atomic mass is 16.1. The molecule has 0 aliphatic heterocycles. The first-order valence-electron chi connectivity index (χ1n) is 3.83. The molecule has 0 saturated carbocycles. The predicted molar refractivity (Wildman–Crippen MR) is 47.7 cm³/mol. The van der Waals surface area contributed by atoms with E-state index in [2.05, 4.69) is 9.98 Å². The Morgan fingerprint density at radius 1 is 1.62 bits per heavy atom. The van der Waals surface area contributed by atoms with Crippen LogP contribution < -0.4 is 0 Å². The van der Waals surface area contributed by atoms with Crippen LogP contribution in [0.3, 0.4) is 0 Å². The molecule has 2 rings (SSSR count). The van der Waals surface area contributed by atoms with Crippen LogP contribution in [-0.2, 0) is 4.79 Å². The molecule has 0 aliphatic rings. The molecule has 2 aromatic heterocycles. The number of carbonyl (C=O) groups excluding carboxylic acids is 1. The van der Waals surface area contributed by atoms with Gasteiger partial charge in [-0.2, -0.15) is 4.99 Å². The fraction of sp³-hybridized carbons (Fsp3) is 0.111. The van der Waals surface area contributed by atoms with Crippen LogP contribution in [0.5, 0.6) is 0 Å². The molecule has 0 N–H and O–H groups in total. The maximum atomic E-state index is 10.1. The van der Waals surface area contributed by atoms with Crippen LogP contribution >= 0.6 is 0 Å².